The summed E-state index contributed by atoms with van der Waals surface area (Å²) < 4.78 is 21.9. The van der Waals surface area contributed by atoms with Crippen LogP contribution in [-0.2, 0) is 4.74 Å². The van der Waals surface area contributed by atoms with E-state index in [0.717, 1.165) is 0 Å². The van der Waals surface area contributed by atoms with Crippen molar-refractivity contribution in [2.45, 2.75) is 47.0 Å². The Balaban J connectivity index is 3.58. The normalized spacial score (nSPS) is 10.4. The number of benzene rings is 1. The highest BCUT2D eigenvalue weighted by Gasteiger charge is 2.32. The van der Waals surface area contributed by atoms with Crippen LogP contribution in [0.3, 0.4) is 0 Å². The van der Waals surface area contributed by atoms with Crippen LogP contribution in [0.25, 0.3) is 0 Å². The van der Waals surface area contributed by atoms with Crippen molar-refractivity contribution >= 4 is 5.97 Å². The Morgan fingerprint density at radius 3 is 1.72 bits per heavy atom. The molecule has 0 saturated heterocycles. The monoisotopic (exact) mass is 356 g/mol. The van der Waals surface area contributed by atoms with Gasteiger partial charge in [-0.05, 0) is 26.2 Å². The minimum atomic E-state index is -0.801. The number of carbonyl (C=O) groups excluding carboxylic acids is 1. The molecule has 2 N–H and O–H groups in total. The first-order chi connectivity index (χ1) is 12.0. The fourth-order valence-corrected chi connectivity index (χ4v) is 2.07. The number of aromatic hydroxyl groups is 2. The Kier molecular flexibility index (Phi) is 8.74. The van der Waals surface area contributed by atoms with Gasteiger partial charge in [0.2, 0.25) is 17.2 Å². The van der Waals surface area contributed by atoms with Crippen LogP contribution >= 0.6 is 0 Å². The Bertz CT molecular complexity index is 569. The molecule has 0 aliphatic rings. The molecule has 0 heterocycles. The van der Waals surface area contributed by atoms with Gasteiger partial charge in [0.15, 0.2) is 17.1 Å². The molecule has 0 spiro atoms. The van der Waals surface area contributed by atoms with Crippen molar-refractivity contribution in [1.82, 2.24) is 0 Å². The van der Waals surface area contributed by atoms with E-state index in [2.05, 4.69) is 0 Å². The summed E-state index contributed by atoms with van der Waals surface area (Å²) in [6.45, 7) is 8.44. The third-order valence-corrected chi connectivity index (χ3v) is 3.15. The van der Waals surface area contributed by atoms with E-state index in [1.165, 1.54) is 0 Å². The van der Waals surface area contributed by atoms with E-state index in [4.69, 9.17) is 18.9 Å². The number of carbonyl (C=O) groups is 1. The maximum absolute atomic E-state index is 12.3. The lowest BCUT2D eigenvalue weighted by Gasteiger charge is -2.21. The lowest BCUT2D eigenvalue weighted by atomic mass is 10.1. The number of hydrogen-bond acceptors (Lipinski definition) is 7. The highest BCUT2D eigenvalue weighted by molar-refractivity contribution is 5.99. The van der Waals surface area contributed by atoms with Crippen LogP contribution in [0.15, 0.2) is 0 Å². The van der Waals surface area contributed by atoms with Crippen LogP contribution in [0.2, 0.25) is 0 Å². The number of esters is 1. The summed E-state index contributed by atoms with van der Waals surface area (Å²) >= 11 is 0. The van der Waals surface area contributed by atoms with Gasteiger partial charge < -0.3 is 29.2 Å². The molecule has 25 heavy (non-hydrogen) atoms. The average molecular weight is 356 g/mol. The zero-order chi connectivity index (χ0) is 18.8. The summed E-state index contributed by atoms with van der Waals surface area (Å²) in [4.78, 5) is 12.3. The van der Waals surface area contributed by atoms with Crippen LogP contribution < -0.4 is 14.2 Å². The Morgan fingerprint density at radius 1 is 0.760 bits per heavy atom. The van der Waals surface area contributed by atoms with E-state index < -0.39 is 17.5 Å². The van der Waals surface area contributed by atoms with Crippen molar-refractivity contribution in [3.63, 3.8) is 0 Å². The van der Waals surface area contributed by atoms with Gasteiger partial charge >= 0.3 is 5.97 Å². The molecule has 7 heteroatoms. The molecule has 0 aliphatic carbocycles. The molecule has 0 atom stereocenters. The summed E-state index contributed by atoms with van der Waals surface area (Å²) in [5.74, 6) is -1.92. The molecule has 0 amide bonds. The van der Waals surface area contributed by atoms with Crippen molar-refractivity contribution in [2.75, 3.05) is 26.4 Å². The van der Waals surface area contributed by atoms with E-state index in [1.54, 1.807) is 6.92 Å². The summed E-state index contributed by atoms with van der Waals surface area (Å²) in [6.07, 6.45) is 2.08. The molecular formula is C18H28O7. The standard InChI is InChI=1S/C18H28O7/c1-5-9-23-15-12(18(21)22-8-4)13(19)14(20)16(24-10-6-2)17(15)25-11-7-3/h19-20H,5-11H2,1-4H3. The molecule has 1 aromatic rings. The Morgan fingerprint density at radius 2 is 1.24 bits per heavy atom. The molecule has 0 unspecified atom stereocenters. The second-order valence-corrected chi connectivity index (χ2v) is 5.33. The minimum absolute atomic E-state index is 0.0233. The zero-order valence-corrected chi connectivity index (χ0v) is 15.4. The molecule has 1 aromatic carbocycles. The number of rotatable bonds is 11. The largest absolute Gasteiger partial charge is 0.503 e. The molecule has 0 fully saturated rings. The summed E-state index contributed by atoms with van der Waals surface area (Å²) in [6, 6.07) is 0. The molecule has 0 aromatic heterocycles. The van der Waals surface area contributed by atoms with E-state index in [9.17, 15) is 15.0 Å². The van der Waals surface area contributed by atoms with Crippen molar-refractivity contribution in [2.24, 2.45) is 0 Å². The lowest BCUT2D eigenvalue weighted by Crippen LogP contribution is -2.12. The van der Waals surface area contributed by atoms with E-state index in [0.29, 0.717) is 39.1 Å². The topological polar surface area (TPSA) is 94.5 Å². The molecule has 0 bridgehead atoms. The van der Waals surface area contributed by atoms with Gasteiger partial charge in [-0.3, -0.25) is 0 Å². The smallest absolute Gasteiger partial charge is 0.346 e. The van der Waals surface area contributed by atoms with Crippen LogP contribution in [0.5, 0.6) is 28.7 Å². The maximum Gasteiger partial charge on any atom is 0.346 e. The SMILES string of the molecule is CCCOc1c(O)c(O)c(C(=O)OCC)c(OCCC)c1OCCC. The molecule has 0 radical (unpaired) electrons. The lowest BCUT2D eigenvalue weighted by molar-refractivity contribution is 0.0515. The minimum Gasteiger partial charge on any atom is -0.503 e. The molecular weight excluding hydrogens is 328 g/mol. The first-order valence-electron chi connectivity index (χ1n) is 8.70. The van der Waals surface area contributed by atoms with Gasteiger partial charge in [-0.1, -0.05) is 20.8 Å². The van der Waals surface area contributed by atoms with Gasteiger partial charge in [-0.15, -0.1) is 0 Å². The van der Waals surface area contributed by atoms with E-state index in [1.807, 2.05) is 20.8 Å². The average Bonchev–Trinajstić information content (AvgIpc) is 2.60. The summed E-state index contributed by atoms with van der Waals surface area (Å²) in [7, 11) is 0. The Labute approximate surface area is 148 Å². The van der Waals surface area contributed by atoms with E-state index in [-0.39, 0.29) is 29.4 Å². The molecule has 142 valence electrons. The number of phenols is 2. The fourth-order valence-electron chi connectivity index (χ4n) is 2.07. The Hall–Kier alpha value is -2.31. The number of phenolic OH excluding ortho intramolecular Hbond substituents is 2. The quantitative estimate of drug-likeness (QED) is 0.462. The van der Waals surface area contributed by atoms with Gasteiger partial charge in [-0.2, -0.15) is 0 Å². The van der Waals surface area contributed by atoms with E-state index >= 15 is 0 Å². The molecule has 7 nitrogen and oxygen atoms in total. The first kappa shape index (κ1) is 20.7. The number of ether oxygens (including phenoxy) is 4. The zero-order valence-electron chi connectivity index (χ0n) is 15.4. The van der Waals surface area contributed by atoms with Gasteiger partial charge in [0.05, 0.1) is 26.4 Å². The van der Waals surface area contributed by atoms with Crippen LogP contribution in [0, 0.1) is 0 Å². The van der Waals surface area contributed by atoms with Crippen molar-refractivity contribution < 1.29 is 34.0 Å². The van der Waals surface area contributed by atoms with Gasteiger partial charge in [0, 0.05) is 0 Å². The van der Waals surface area contributed by atoms with Gasteiger partial charge in [0.25, 0.3) is 0 Å². The highest BCUT2D eigenvalue weighted by Crippen LogP contribution is 2.53. The fraction of sp³-hybridized carbons (Fsp3) is 0.611. The highest BCUT2D eigenvalue weighted by atomic mass is 16.6. The molecule has 0 saturated carbocycles. The van der Waals surface area contributed by atoms with Crippen LogP contribution in [-0.4, -0.2) is 42.6 Å². The summed E-state index contributed by atoms with van der Waals surface area (Å²) in [5.41, 5.74) is -0.261. The van der Waals surface area contributed by atoms with Crippen molar-refractivity contribution in [3.8, 4) is 28.7 Å². The first-order valence-corrected chi connectivity index (χ1v) is 8.70. The second-order valence-electron chi connectivity index (χ2n) is 5.33. The van der Waals surface area contributed by atoms with Crippen LogP contribution in [0.1, 0.15) is 57.3 Å². The van der Waals surface area contributed by atoms with Gasteiger partial charge in [-0.25, -0.2) is 4.79 Å². The molecule has 1 rings (SSSR count). The summed E-state index contributed by atoms with van der Waals surface area (Å²) in [5, 5.41) is 20.7. The maximum atomic E-state index is 12.3. The second kappa shape index (κ2) is 10.5. The van der Waals surface area contributed by atoms with Crippen LogP contribution in [0.4, 0.5) is 0 Å². The third kappa shape index (κ3) is 5.08. The molecule has 0 aliphatic heterocycles. The van der Waals surface area contributed by atoms with Crippen molar-refractivity contribution in [3.05, 3.63) is 5.56 Å². The third-order valence-electron chi connectivity index (χ3n) is 3.15. The predicted octanol–water partition coefficient (Wildman–Crippen LogP) is 3.64. The van der Waals surface area contributed by atoms with Crippen molar-refractivity contribution in [1.29, 1.82) is 0 Å². The number of hydrogen-bond donors (Lipinski definition) is 2. The predicted molar refractivity (Wildman–Crippen MR) is 93.1 cm³/mol. The van der Waals surface area contributed by atoms with Gasteiger partial charge in [0.1, 0.15) is 0 Å².